The summed E-state index contributed by atoms with van der Waals surface area (Å²) < 4.78 is 0. The molecule has 6 N–H and O–H groups in total. The van der Waals surface area contributed by atoms with Crippen molar-refractivity contribution in [2.24, 2.45) is 5.73 Å². The molecule has 0 atom stereocenters. The third kappa shape index (κ3) is 2.20. The lowest BCUT2D eigenvalue weighted by Gasteiger charge is -2.30. The van der Waals surface area contributed by atoms with Crippen LogP contribution in [0.3, 0.4) is 0 Å². The minimum atomic E-state index is -2.94. The van der Waals surface area contributed by atoms with Gasteiger partial charge in [-0.1, -0.05) is 13.3 Å². The van der Waals surface area contributed by atoms with Crippen LogP contribution >= 0.6 is 0 Å². The van der Waals surface area contributed by atoms with Crippen LogP contribution in [0.25, 0.3) is 0 Å². The lowest BCUT2D eigenvalue weighted by atomic mass is 10.1. The Kier molecular flexibility index (Phi) is 2.76. The Morgan fingerprint density at radius 3 is 1.70 bits per heavy atom. The van der Waals surface area contributed by atoms with E-state index in [1.807, 2.05) is 0 Å². The van der Waals surface area contributed by atoms with Crippen LogP contribution in [-0.2, 0) is 0 Å². The van der Waals surface area contributed by atoms with Crippen molar-refractivity contribution >= 4 is 0 Å². The molecule has 0 bridgehead atoms. The molecule has 0 aliphatic carbocycles. The molecule has 0 radical (unpaired) electrons. The van der Waals surface area contributed by atoms with Crippen LogP contribution in [0.1, 0.15) is 19.8 Å². The first-order valence-corrected chi connectivity index (χ1v) is 2.99. The Morgan fingerprint density at radius 1 is 1.20 bits per heavy atom. The van der Waals surface area contributed by atoms with Crippen molar-refractivity contribution in [3.63, 3.8) is 0 Å². The molecule has 10 heavy (non-hydrogen) atoms. The van der Waals surface area contributed by atoms with Crippen LogP contribution in [0.5, 0.6) is 0 Å². The highest BCUT2D eigenvalue weighted by Gasteiger charge is 2.43. The van der Waals surface area contributed by atoms with Gasteiger partial charge in [0.2, 0.25) is 5.79 Å². The summed E-state index contributed by atoms with van der Waals surface area (Å²) in [6.07, 6.45) is 0.212. The first-order chi connectivity index (χ1) is 4.31. The first-order valence-electron chi connectivity index (χ1n) is 2.99. The Labute approximate surface area is 58.7 Å². The van der Waals surface area contributed by atoms with Crippen molar-refractivity contribution < 1.29 is 20.4 Å². The zero-order valence-electron chi connectivity index (χ0n) is 5.78. The molecule has 0 heterocycles. The zero-order valence-corrected chi connectivity index (χ0v) is 5.78. The molecular formula is C5H13NO4. The number of nitrogens with two attached hydrogens (primary N) is 1. The van der Waals surface area contributed by atoms with E-state index in [4.69, 9.17) is 20.4 Å². The molecule has 0 saturated carbocycles. The van der Waals surface area contributed by atoms with E-state index in [2.05, 4.69) is 5.73 Å². The molecule has 62 valence electrons. The van der Waals surface area contributed by atoms with Crippen molar-refractivity contribution in [2.75, 3.05) is 0 Å². The SMILES string of the molecule is CCCC(O)(O)C(N)(O)O. The molecule has 0 rings (SSSR count). The van der Waals surface area contributed by atoms with Gasteiger partial charge < -0.3 is 20.4 Å². The first kappa shape index (κ1) is 9.80. The molecule has 5 nitrogen and oxygen atoms in total. The molecule has 5 heteroatoms. The smallest absolute Gasteiger partial charge is 0.276 e. The second-order valence-electron chi connectivity index (χ2n) is 2.29. The van der Waals surface area contributed by atoms with Gasteiger partial charge in [0, 0.05) is 6.42 Å². The predicted molar refractivity (Wildman–Crippen MR) is 33.4 cm³/mol. The van der Waals surface area contributed by atoms with Crippen molar-refractivity contribution in [3.05, 3.63) is 0 Å². The Hall–Kier alpha value is -0.200. The van der Waals surface area contributed by atoms with Gasteiger partial charge in [0.15, 0.2) is 0 Å². The molecule has 0 aliphatic rings. The average molecular weight is 151 g/mol. The van der Waals surface area contributed by atoms with Gasteiger partial charge in [-0.05, 0) is 0 Å². The minimum absolute atomic E-state index is 0.184. The van der Waals surface area contributed by atoms with E-state index in [1.54, 1.807) is 6.92 Å². The van der Waals surface area contributed by atoms with Crippen LogP contribution in [0.2, 0.25) is 0 Å². The van der Waals surface area contributed by atoms with Crippen LogP contribution in [0.15, 0.2) is 0 Å². The van der Waals surface area contributed by atoms with Crippen molar-refractivity contribution in [1.29, 1.82) is 0 Å². The highest BCUT2D eigenvalue weighted by Crippen LogP contribution is 2.16. The van der Waals surface area contributed by atoms with E-state index in [9.17, 15) is 0 Å². The molecule has 0 unspecified atom stereocenters. The molecule has 0 saturated heterocycles. The lowest BCUT2D eigenvalue weighted by Crippen LogP contribution is -2.60. The fraction of sp³-hybridized carbons (Fsp3) is 1.00. The van der Waals surface area contributed by atoms with Gasteiger partial charge in [-0.15, -0.1) is 0 Å². The molecule has 0 aromatic heterocycles. The van der Waals surface area contributed by atoms with Gasteiger partial charge >= 0.3 is 0 Å². The van der Waals surface area contributed by atoms with Crippen LogP contribution in [0, 0.1) is 0 Å². The molecule has 0 amide bonds. The molecule has 0 spiro atoms. The second kappa shape index (κ2) is 2.81. The molecule has 0 aromatic carbocycles. The quantitative estimate of drug-likeness (QED) is 0.302. The Bertz CT molecular complexity index is 107. The summed E-state index contributed by atoms with van der Waals surface area (Å²) in [7, 11) is 0. The van der Waals surface area contributed by atoms with Crippen LogP contribution < -0.4 is 5.73 Å². The molecular weight excluding hydrogens is 138 g/mol. The van der Waals surface area contributed by atoms with Crippen LogP contribution in [-0.4, -0.2) is 32.1 Å². The molecule has 0 aromatic rings. The summed E-state index contributed by atoms with van der Waals surface area (Å²) in [6.45, 7) is 1.66. The van der Waals surface area contributed by atoms with E-state index in [-0.39, 0.29) is 6.42 Å². The lowest BCUT2D eigenvalue weighted by molar-refractivity contribution is -0.356. The van der Waals surface area contributed by atoms with Crippen molar-refractivity contribution in [3.8, 4) is 0 Å². The van der Waals surface area contributed by atoms with Gasteiger partial charge in [0.1, 0.15) is 0 Å². The van der Waals surface area contributed by atoms with Crippen LogP contribution in [0.4, 0.5) is 0 Å². The van der Waals surface area contributed by atoms with Gasteiger partial charge in [-0.3, -0.25) is 5.73 Å². The highest BCUT2D eigenvalue weighted by molar-refractivity contribution is 4.75. The standard InChI is InChI=1S/C5H13NO4/c1-2-3-4(7,8)5(6,9)10/h7-10H,2-3,6H2,1H3. The average Bonchev–Trinajstić information content (AvgIpc) is 1.61. The monoisotopic (exact) mass is 151 g/mol. The number of aliphatic hydroxyl groups is 4. The summed E-state index contributed by atoms with van der Waals surface area (Å²) in [5.41, 5.74) is 4.61. The summed E-state index contributed by atoms with van der Waals surface area (Å²) >= 11 is 0. The zero-order chi connectivity index (χ0) is 8.41. The number of hydrogen-bond acceptors (Lipinski definition) is 5. The van der Waals surface area contributed by atoms with Gasteiger partial charge in [-0.25, -0.2) is 0 Å². The normalized spacial score (nSPS) is 13.8. The fourth-order valence-corrected chi connectivity index (χ4v) is 0.533. The van der Waals surface area contributed by atoms with Gasteiger partial charge in [-0.2, -0.15) is 0 Å². The molecule has 0 fully saturated rings. The van der Waals surface area contributed by atoms with Gasteiger partial charge in [0.05, 0.1) is 0 Å². The minimum Gasteiger partial charge on any atom is -0.360 e. The largest absolute Gasteiger partial charge is 0.360 e. The Balaban J connectivity index is 4.10. The fourth-order valence-electron chi connectivity index (χ4n) is 0.533. The third-order valence-corrected chi connectivity index (χ3v) is 1.19. The van der Waals surface area contributed by atoms with E-state index >= 15 is 0 Å². The predicted octanol–water partition coefficient (Wildman–Crippen LogP) is -1.94. The van der Waals surface area contributed by atoms with E-state index < -0.39 is 11.7 Å². The summed E-state index contributed by atoms with van der Waals surface area (Å²) in [5.74, 6) is -5.56. The maximum absolute atomic E-state index is 8.78. The maximum Gasteiger partial charge on any atom is 0.276 e. The summed E-state index contributed by atoms with van der Waals surface area (Å²) in [4.78, 5) is 0. The van der Waals surface area contributed by atoms with E-state index in [1.165, 1.54) is 0 Å². The Morgan fingerprint density at radius 2 is 1.60 bits per heavy atom. The van der Waals surface area contributed by atoms with E-state index in [0.29, 0.717) is 6.42 Å². The number of rotatable bonds is 3. The highest BCUT2D eigenvalue weighted by atomic mass is 16.6. The third-order valence-electron chi connectivity index (χ3n) is 1.19. The second-order valence-corrected chi connectivity index (χ2v) is 2.29. The van der Waals surface area contributed by atoms with Crippen molar-refractivity contribution in [2.45, 2.75) is 31.5 Å². The topological polar surface area (TPSA) is 107 Å². The number of hydrogen-bond donors (Lipinski definition) is 5. The molecule has 0 aliphatic heterocycles. The van der Waals surface area contributed by atoms with Gasteiger partial charge in [0.25, 0.3) is 5.91 Å². The summed E-state index contributed by atoms with van der Waals surface area (Å²) in [5, 5.41) is 34.6. The van der Waals surface area contributed by atoms with E-state index in [0.717, 1.165) is 0 Å². The summed E-state index contributed by atoms with van der Waals surface area (Å²) in [6, 6.07) is 0. The maximum atomic E-state index is 8.78. The van der Waals surface area contributed by atoms with Crippen molar-refractivity contribution in [1.82, 2.24) is 0 Å².